The van der Waals surface area contributed by atoms with Crippen molar-refractivity contribution < 1.29 is 4.79 Å². The SMILES string of the molecule is Cc1c(N=O)cc(N=O)cc1C(N)=O. The number of carbonyl (C=O) groups excluding carboxylic acids is 1. The Hall–Kier alpha value is -2.11. The summed E-state index contributed by atoms with van der Waals surface area (Å²) in [5.41, 5.74) is 5.42. The minimum atomic E-state index is -0.724. The summed E-state index contributed by atoms with van der Waals surface area (Å²) in [5, 5.41) is 5.27. The summed E-state index contributed by atoms with van der Waals surface area (Å²) in [6.07, 6.45) is 0. The first-order chi connectivity index (χ1) is 6.60. The lowest BCUT2D eigenvalue weighted by Gasteiger charge is -2.03. The van der Waals surface area contributed by atoms with Crippen molar-refractivity contribution in [1.82, 2.24) is 0 Å². The molecular formula is C8H7N3O3. The largest absolute Gasteiger partial charge is 0.366 e. The third-order valence-corrected chi connectivity index (χ3v) is 1.83. The summed E-state index contributed by atoms with van der Waals surface area (Å²) in [5.74, 6) is -0.724. The first-order valence-electron chi connectivity index (χ1n) is 3.71. The maximum absolute atomic E-state index is 10.9. The molecule has 0 unspecified atom stereocenters. The molecule has 0 radical (unpaired) electrons. The Morgan fingerprint density at radius 1 is 1.29 bits per heavy atom. The van der Waals surface area contributed by atoms with Gasteiger partial charge in [-0.15, -0.1) is 9.81 Å². The lowest BCUT2D eigenvalue weighted by molar-refractivity contribution is 0.1000. The Balaban J connectivity index is 3.49. The number of hydrogen-bond acceptors (Lipinski definition) is 5. The molecule has 1 aromatic rings. The number of amides is 1. The summed E-state index contributed by atoms with van der Waals surface area (Å²) in [7, 11) is 0. The van der Waals surface area contributed by atoms with Crippen LogP contribution in [0.5, 0.6) is 0 Å². The van der Waals surface area contributed by atoms with E-state index in [1.54, 1.807) is 0 Å². The number of benzene rings is 1. The molecule has 0 bridgehead atoms. The second-order valence-corrected chi connectivity index (χ2v) is 2.68. The van der Waals surface area contributed by atoms with E-state index >= 15 is 0 Å². The normalized spacial score (nSPS) is 9.50. The topological polar surface area (TPSA) is 102 Å². The fourth-order valence-corrected chi connectivity index (χ4v) is 1.09. The van der Waals surface area contributed by atoms with Crippen molar-refractivity contribution in [1.29, 1.82) is 0 Å². The van der Waals surface area contributed by atoms with Gasteiger partial charge in [0.2, 0.25) is 5.91 Å². The molecule has 1 amide bonds. The number of primary amides is 1. The van der Waals surface area contributed by atoms with Gasteiger partial charge >= 0.3 is 0 Å². The molecule has 0 saturated carbocycles. The summed E-state index contributed by atoms with van der Waals surface area (Å²) < 4.78 is 0. The van der Waals surface area contributed by atoms with Crippen molar-refractivity contribution in [2.75, 3.05) is 0 Å². The quantitative estimate of drug-likeness (QED) is 0.741. The first kappa shape index (κ1) is 9.97. The van der Waals surface area contributed by atoms with E-state index < -0.39 is 5.91 Å². The van der Waals surface area contributed by atoms with Gasteiger partial charge < -0.3 is 5.73 Å². The Labute approximate surface area is 79.1 Å². The van der Waals surface area contributed by atoms with E-state index in [9.17, 15) is 14.6 Å². The van der Waals surface area contributed by atoms with Crippen LogP contribution >= 0.6 is 0 Å². The Bertz CT molecular complexity index is 415. The molecule has 0 saturated heterocycles. The molecule has 0 aromatic heterocycles. The predicted molar refractivity (Wildman–Crippen MR) is 50.6 cm³/mol. The van der Waals surface area contributed by atoms with Crippen LogP contribution in [0.4, 0.5) is 11.4 Å². The highest BCUT2D eigenvalue weighted by molar-refractivity contribution is 5.96. The molecule has 0 atom stereocenters. The number of carbonyl (C=O) groups is 1. The van der Waals surface area contributed by atoms with Crippen LogP contribution < -0.4 is 5.73 Å². The van der Waals surface area contributed by atoms with E-state index in [-0.39, 0.29) is 16.9 Å². The van der Waals surface area contributed by atoms with Gasteiger partial charge in [0.1, 0.15) is 11.4 Å². The van der Waals surface area contributed by atoms with Crippen LogP contribution in [0.15, 0.2) is 22.5 Å². The zero-order valence-electron chi connectivity index (χ0n) is 7.35. The summed E-state index contributed by atoms with van der Waals surface area (Å²) >= 11 is 0. The molecule has 2 N–H and O–H groups in total. The maximum Gasteiger partial charge on any atom is 0.249 e. The molecule has 14 heavy (non-hydrogen) atoms. The molecule has 0 aliphatic carbocycles. The second-order valence-electron chi connectivity index (χ2n) is 2.68. The van der Waals surface area contributed by atoms with Gasteiger partial charge in [0.05, 0.1) is 0 Å². The molecule has 6 nitrogen and oxygen atoms in total. The number of rotatable bonds is 3. The highest BCUT2D eigenvalue weighted by Gasteiger charge is 2.12. The van der Waals surface area contributed by atoms with Crippen molar-refractivity contribution in [2.24, 2.45) is 16.1 Å². The van der Waals surface area contributed by atoms with Gasteiger partial charge in [0.15, 0.2) is 0 Å². The van der Waals surface area contributed by atoms with Crippen molar-refractivity contribution in [3.8, 4) is 0 Å². The van der Waals surface area contributed by atoms with Crippen molar-refractivity contribution >= 4 is 17.3 Å². The zero-order valence-corrected chi connectivity index (χ0v) is 7.35. The minimum absolute atomic E-state index is 0.00380. The maximum atomic E-state index is 10.9. The zero-order chi connectivity index (χ0) is 10.7. The Morgan fingerprint density at radius 3 is 2.36 bits per heavy atom. The van der Waals surface area contributed by atoms with E-state index in [1.807, 2.05) is 0 Å². The Morgan fingerprint density at radius 2 is 1.93 bits per heavy atom. The van der Waals surface area contributed by atoms with E-state index in [0.717, 1.165) is 0 Å². The molecule has 72 valence electrons. The van der Waals surface area contributed by atoms with Crippen molar-refractivity contribution in [2.45, 2.75) is 6.92 Å². The molecule has 0 aliphatic rings. The summed E-state index contributed by atoms with van der Waals surface area (Å²) in [6.45, 7) is 1.52. The summed E-state index contributed by atoms with van der Waals surface area (Å²) in [4.78, 5) is 31.4. The lowest BCUT2D eigenvalue weighted by Crippen LogP contribution is -2.12. The molecule has 0 aliphatic heterocycles. The van der Waals surface area contributed by atoms with E-state index in [4.69, 9.17) is 5.73 Å². The van der Waals surface area contributed by atoms with Gasteiger partial charge in [0, 0.05) is 5.56 Å². The van der Waals surface area contributed by atoms with Gasteiger partial charge in [0.25, 0.3) is 0 Å². The fourth-order valence-electron chi connectivity index (χ4n) is 1.09. The van der Waals surface area contributed by atoms with Gasteiger partial charge in [-0.05, 0) is 35.0 Å². The van der Waals surface area contributed by atoms with Gasteiger partial charge in [-0.3, -0.25) is 4.79 Å². The molecule has 0 fully saturated rings. The van der Waals surface area contributed by atoms with Crippen LogP contribution in [0.25, 0.3) is 0 Å². The van der Waals surface area contributed by atoms with E-state index in [0.29, 0.717) is 5.56 Å². The average molecular weight is 193 g/mol. The fraction of sp³-hybridized carbons (Fsp3) is 0.125. The van der Waals surface area contributed by atoms with Crippen molar-refractivity contribution in [3.63, 3.8) is 0 Å². The van der Waals surface area contributed by atoms with Gasteiger partial charge in [-0.1, -0.05) is 0 Å². The number of nitrogens with zero attached hydrogens (tertiary/aromatic N) is 2. The smallest absolute Gasteiger partial charge is 0.249 e. The van der Waals surface area contributed by atoms with E-state index in [1.165, 1.54) is 19.1 Å². The van der Waals surface area contributed by atoms with Gasteiger partial charge in [-0.2, -0.15) is 0 Å². The predicted octanol–water partition coefficient (Wildman–Crippen LogP) is 1.89. The molecular weight excluding hydrogens is 186 g/mol. The van der Waals surface area contributed by atoms with Crippen LogP contribution in [0.3, 0.4) is 0 Å². The van der Waals surface area contributed by atoms with E-state index in [2.05, 4.69) is 10.4 Å². The Kier molecular flexibility index (Phi) is 2.66. The second kappa shape index (κ2) is 3.73. The van der Waals surface area contributed by atoms with Crippen LogP contribution in [0.2, 0.25) is 0 Å². The third kappa shape index (κ3) is 1.63. The van der Waals surface area contributed by atoms with Gasteiger partial charge in [-0.25, -0.2) is 0 Å². The molecule has 0 spiro atoms. The number of nitrogens with two attached hydrogens (primary N) is 1. The average Bonchev–Trinajstić information content (AvgIpc) is 2.17. The first-order valence-corrected chi connectivity index (χ1v) is 3.71. The highest BCUT2D eigenvalue weighted by atomic mass is 16.3. The van der Waals surface area contributed by atoms with Crippen LogP contribution in [-0.2, 0) is 0 Å². The van der Waals surface area contributed by atoms with Crippen LogP contribution in [0.1, 0.15) is 15.9 Å². The highest BCUT2D eigenvalue weighted by Crippen LogP contribution is 2.28. The molecule has 1 aromatic carbocycles. The van der Waals surface area contributed by atoms with Crippen LogP contribution in [0, 0.1) is 16.7 Å². The lowest BCUT2D eigenvalue weighted by atomic mass is 10.1. The molecule has 0 heterocycles. The number of hydrogen-bond donors (Lipinski definition) is 1. The minimum Gasteiger partial charge on any atom is -0.366 e. The summed E-state index contributed by atoms with van der Waals surface area (Å²) in [6, 6.07) is 2.42. The number of nitroso groups, excluding NO2 is 2. The monoisotopic (exact) mass is 193 g/mol. The van der Waals surface area contributed by atoms with Crippen LogP contribution in [-0.4, -0.2) is 5.91 Å². The molecule has 1 rings (SSSR count). The van der Waals surface area contributed by atoms with Crippen molar-refractivity contribution in [3.05, 3.63) is 33.1 Å². The molecule has 6 heteroatoms. The third-order valence-electron chi connectivity index (χ3n) is 1.83. The standard InChI is InChI=1S/C8H7N3O3/c1-4-6(8(9)12)2-5(10-13)3-7(4)11-14/h2-3H,1H3,(H2,9,12).